The summed E-state index contributed by atoms with van der Waals surface area (Å²) in [6.45, 7) is 5.46. The van der Waals surface area contributed by atoms with Crippen LogP contribution in [0.3, 0.4) is 0 Å². The van der Waals surface area contributed by atoms with Crippen LogP contribution in [0.15, 0.2) is 89.9 Å². The molecule has 1 aliphatic heterocycles. The number of benzene rings is 3. The number of rotatable bonds is 8. The molecule has 196 valence electrons. The van der Waals surface area contributed by atoms with E-state index in [1.54, 1.807) is 30.5 Å². The summed E-state index contributed by atoms with van der Waals surface area (Å²) in [6.07, 6.45) is 1.74. The van der Waals surface area contributed by atoms with E-state index >= 15 is 0 Å². The van der Waals surface area contributed by atoms with Crippen LogP contribution < -0.4 is 15.2 Å². The second kappa shape index (κ2) is 11.8. The Balaban J connectivity index is 1.44. The SMILES string of the molecule is CN(C)CCN1CCN(c2cnn(-c3ccc(Cl)cc3)c(=O)c2Oc2ccc(-c3ccccc3)cc2)CC1. The monoisotopic (exact) mass is 529 g/mol. The van der Waals surface area contributed by atoms with Crippen LogP contribution >= 0.6 is 11.6 Å². The smallest absolute Gasteiger partial charge is 0.316 e. The molecule has 0 aliphatic carbocycles. The number of likely N-dealkylation sites (N-methyl/N-ethyl adjacent to an activating group) is 1. The van der Waals surface area contributed by atoms with E-state index in [0.717, 1.165) is 50.4 Å². The number of aromatic nitrogens is 2. The van der Waals surface area contributed by atoms with Crippen molar-refractivity contribution in [2.75, 3.05) is 58.3 Å². The zero-order valence-corrected chi connectivity index (χ0v) is 22.5. The van der Waals surface area contributed by atoms with Gasteiger partial charge in [0.05, 0.1) is 11.9 Å². The number of ether oxygens (including phenoxy) is 1. The summed E-state index contributed by atoms with van der Waals surface area (Å²) in [7, 11) is 4.18. The highest BCUT2D eigenvalue weighted by Crippen LogP contribution is 2.31. The van der Waals surface area contributed by atoms with E-state index in [4.69, 9.17) is 16.3 Å². The van der Waals surface area contributed by atoms with E-state index in [9.17, 15) is 4.79 Å². The molecule has 8 heteroatoms. The van der Waals surface area contributed by atoms with Crippen molar-refractivity contribution >= 4 is 17.3 Å². The Labute approximate surface area is 228 Å². The topological polar surface area (TPSA) is 53.8 Å². The first-order chi connectivity index (χ1) is 18.5. The molecule has 0 spiro atoms. The van der Waals surface area contributed by atoms with Crippen molar-refractivity contribution in [1.29, 1.82) is 0 Å². The van der Waals surface area contributed by atoms with Crippen LogP contribution in [0, 0.1) is 0 Å². The first-order valence-electron chi connectivity index (χ1n) is 12.8. The Morgan fingerprint density at radius 2 is 1.53 bits per heavy atom. The number of anilines is 1. The van der Waals surface area contributed by atoms with Gasteiger partial charge < -0.3 is 14.5 Å². The first kappa shape index (κ1) is 26.0. The molecule has 7 nitrogen and oxygen atoms in total. The maximum absolute atomic E-state index is 13.8. The molecular formula is C30H32ClN5O2. The van der Waals surface area contributed by atoms with E-state index in [0.29, 0.717) is 22.1 Å². The van der Waals surface area contributed by atoms with Gasteiger partial charge in [-0.2, -0.15) is 9.78 Å². The van der Waals surface area contributed by atoms with Gasteiger partial charge >= 0.3 is 5.56 Å². The molecule has 38 heavy (non-hydrogen) atoms. The maximum Gasteiger partial charge on any atom is 0.316 e. The molecule has 0 amide bonds. The average molecular weight is 530 g/mol. The molecule has 0 bridgehead atoms. The Hall–Kier alpha value is -3.65. The molecule has 1 aromatic heterocycles. The van der Waals surface area contributed by atoms with E-state index < -0.39 is 0 Å². The van der Waals surface area contributed by atoms with Gasteiger partial charge in [0, 0.05) is 44.3 Å². The Kier molecular flexibility index (Phi) is 8.08. The molecule has 1 fully saturated rings. The van der Waals surface area contributed by atoms with Gasteiger partial charge in [-0.25, -0.2) is 0 Å². The average Bonchev–Trinajstić information content (AvgIpc) is 2.95. The van der Waals surface area contributed by atoms with Crippen LogP contribution in [0.4, 0.5) is 5.69 Å². The number of hydrogen-bond acceptors (Lipinski definition) is 6. The van der Waals surface area contributed by atoms with E-state index in [-0.39, 0.29) is 11.3 Å². The fraction of sp³-hybridized carbons (Fsp3) is 0.267. The summed E-state index contributed by atoms with van der Waals surface area (Å²) in [5.74, 6) is 0.866. The molecular weight excluding hydrogens is 498 g/mol. The second-order valence-corrected chi connectivity index (χ2v) is 10.1. The third-order valence-corrected chi connectivity index (χ3v) is 7.00. The van der Waals surface area contributed by atoms with Crippen molar-refractivity contribution in [2.45, 2.75) is 0 Å². The van der Waals surface area contributed by atoms with Crippen LogP contribution in [0.25, 0.3) is 16.8 Å². The van der Waals surface area contributed by atoms with Crippen molar-refractivity contribution in [3.63, 3.8) is 0 Å². The van der Waals surface area contributed by atoms with Gasteiger partial charge in [0.2, 0.25) is 5.75 Å². The minimum atomic E-state index is -0.313. The summed E-state index contributed by atoms with van der Waals surface area (Å²) < 4.78 is 7.68. The normalized spacial score (nSPS) is 14.2. The molecule has 0 N–H and O–H groups in total. The zero-order valence-electron chi connectivity index (χ0n) is 21.8. The van der Waals surface area contributed by atoms with E-state index in [1.165, 1.54) is 4.68 Å². The number of halogens is 1. The van der Waals surface area contributed by atoms with Crippen molar-refractivity contribution in [1.82, 2.24) is 19.6 Å². The molecule has 2 heterocycles. The third-order valence-electron chi connectivity index (χ3n) is 6.74. The Morgan fingerprint density at radius 3 is 2.18 bits per heavy atom. The van der Waals surface area contributed by atoms with E-state index in [1.807, 2.05) is 42.5 Å². The maximum atomic E-state index is 13.8. The number of piperazine rings is 1. The van der Waals surface area contributed by atoms with Gasteiger partial charge in [-0.05, 0) is 61.6 Å². The summed E-state index contributed by atoms with van der Waals surface area (Å²) in [4.78, 5) is 20.6. The molecule has 4 aromatic rings. The lowest BCUT2D eigenvalue weighted by Crippen LogP contribution is -2.48. The van der Waals surface area contributed by atoms with Gasteiger partial charge in [0.15, 0.2) is 0 Å². The largest absolute Gasteiger partial charge is 0.449 e. The van der Waals surface area contributed by atoms with Crippen molar-refractivity contribution in [3.8, 4) is 28.3 Å². The zero-order chi connectivity index (χ0) is 26.5. The Bertz CT molecular complexity index is 1400. The van der Waals surface area contributed by atoms with Gasteiger partial charge in [-0.1, -0.05) is 54.1 Å². The Morgan fingerprint density at radius 1 is 0.868 bits per heavy atom. The lowest BCUT2D eigenvalue weighted by molar-refractivity contribution is 0.229. The molecule has 1 saturated heterocycles. The molecule has 5 rings (SSSR count). The molecule has 1 aliphatic rings. The van der Waals surface area contributed by atoms with Gasteiger partial charge in [0.25, 0.3) is 0 Å². The summed E-state index contributed by atoms with van der Waals surface area (Å²) in [6, 6.07) is 25.0. The van der Waals surface area contributed by atoms with Crippen LogP contribution in [-0.2, 0) is 0 Å². The molecule has 0 radical (unpaired) electrons. The minimum absolute atomic E-state index is 0.268. The van der Waals surface area contributed by atoms with Crippen LogP contribution in [0.2, 0.25) is 5.02 Å². The van der Waals surface area contributed by atoms with Crippen molar-refractivity contribution in [2.24, 2.45) is 0 Å². The fourth-order valence-corrected chi connectivity index (χ4v) is 4.66. The van der Waals surface area contributed by atoms with Crippen LogP contribution in [0.1, 0.15) is 0 Å². The van der Waals surface area contributed by atoms with E-state index in [2.05, 4.69) is 46.0 Å². The third kappa shape index (κ3) is 6.07. The highest BCUT2D eigenvalue weighted by atomic mass is 35.5. The summed E-state index contributed by atoms with van der Waals surface area (Å²) in [5.41, 5.74) is 3.23. The standard InChI is InChI=1S/C30H32ClN5O2/c1-33(2)16-17-34-18-20-35(21-19-34)28-22-32-36(26-12-10-25(31)11-13-26)30(37)29(28)38-27-14-8-24(9-15-27)23-6-4-3-5-7-23/h3-15,22H,16-21H2,1-2H3. The number of hydrogen-bond donors (Lipinski definition) is 0. The van der Waals surface area contributed by atoms with Gasteiger partial charge in [-0.3, -0.25) is 9.69 Å². The molecule has 0 saturated carbocycles. The quantitative estimate of drug-likeness (QED) is 0.319. The molecule has 3 aromatic carbocycles. The minimum Gasteiger partial charge on any atom is -0.449 e. The highest BCUT2D eigenvalue weighted by Gasteiger charge is 2.24. The summed E-state index contributed by atoms with van der Waals surface area (Å²) in [5, 5.41) is 5.10. The number of nitrogens with zero attached hydrogens (tertiary/aromatic N) is 5. The van der Waals surface area contributed by atoms with Crippen molar-refractivity contribution < 1.29 is 4.74 Å². The van der Waals surface area contributed by atoms with Crippen LogP contribution in [0.5, 0.6) is 11.5 Å². The molecule has 0 atom stereocenters. The predicted molar refractivity (Wildman–Crippen MR) is 154 cm³/mol. The van der Waals surface area contributed by atoms with Crippen LogP contribution in [-0.4, -0.2) is 72.9 Å². The van der Waals surface area contributed by atoms with Gasteiger partial charge in [0.1, 0.15) is 11.4 Å². The van der Waals surface area contributed by atoms with Crippen molar-refractivity contribution in [3.05, 3.63) is 100 Å². The highest BCUT2D eigenvalue weighted by molar-refractivity contribution is 6.30. The second-order valence-electron chi connectivity index (χ2n) is 9.68. The van der Waals surface area contributed by atoms with Gasteiger partial charge in [-0.15, -0.1) is 0 Å². The lowest BCUT2D eigenvalue weighted by atomic mass is 10.1. The first-order valence-corrected chi connectivity index (χ1v) is 13.2. The predicted octanol–water partition coefficient (Wildman–Crippen LogP) is 5.03. The lowest BCUT2D eigenvalue weighted by Gasteiger charge is -2.36. The summed E-state index contributed by atoms with van der Waals surface area (Å²) >= 11 is 6.07. The molecule has 0 unspecified atom stereocenters. The fourth-order valence-electron chi connectivity index (χ4n) is 4.53.